The Labute approximate surface area is 188 Å². The molecule has 1 fully saturated rings. The highest BCUT2D eigenvalue weighted by atomic mass is 16.5. The summed E-state index contributed by atoms with van der Waals surface area (Å²) < 4.78 is 7.38. The smallest absolute Gasteiger partial charge is 0.251 e. The molecule has 1 aliphatic heterocycles. The largest absolute Gasteiger partial charge is 0.381 e. The zero-order valence-electron chi connectivity index (χ0n) is 18.5. The van der Waals surface area contributed by atoms with Crippen molar-refractivity contribution in [3.63, 3.8) is 0 Å². The van der Waals surface area contributed by atoms with E-state index < -0.39 is 5.54 Å². The van der Waals surface area contributed by atoms with Crippen molar-refractivity contribution in [3.8, 4) is 0 Å². The van der Waals surface area contributed by atoms with Gasteiger partial charge in [0.25, 0.3) is 5.91 Å². The van der Waals surface area contributed by atoms with E-state index in [-0.39, 0.29) is 11.7 Å². The molecule has 1 aliphatic rings. The molecule has 1 aromatic heterocycles. The predicted octanol–water partition coefficient (Wildman–Crippen LogP) is 4.23. The van der Waals surface area contributed by atoms with Crippen LogP contribution in [0.3, 0.4) is 0 Å². The van der Waals surface area contributed by atoms with Crippen molar-refractivity contribution in [2.45, 2.75) is 37.6 Å². The van der Waals surface area contributed by atoms with E-state index in [9.17, 15) is 9.59 Å². The normalized spacial score (nSPS) is 15.4. The lowest BCUT2D eigenvalue weighted by atomic mass is 9.80. The van der Waals surface area contributed by atoms with Crippen molar-refractivity contribution in [2.75, 3.05) is 18.1 Å². The molecule has 6 nitrogen and oxygen atoms in total. The predicted molar refractivity (Wildman–Crippen MR) is 126 cm³/mol. The molecule has 0 spiro atoms. The third-order valence-corrected chi connectivity index (χ3v) is 6.36. The monoisotopic (exact) mass is 431 g/mol. The van der Waals surface area contributed by atoms with Gasteiger partial charge in [-0.1, -0.05) is 36.9 Å². The van der Waals surface area contributed by atoms with Crippen LogP contribution >= 0.6 is 0 Å². The van der Waals surface area contributed by atoms with Gasteiger partial charge in [-0.3, -0.25) is 19.2 Å². The number of rotatable bonds is 8. The van der Waals surface area contributed by atoms with Crippen LogP contribution in [0, 0.1) is 0 Å². The SMILES string of the molecule is C=CC(=O)N(c1ccc2c(cnn2C)c1)C1(C(=O)CCCc2ccccc2)CCOCC1. The van der Waals surface area contributed by atoms with Crippen LogP contribution in [0.2, 0.25) is 0 Å². The van der Waals surface area contributed by atoms with Crippen LogP contribution in [0.5, 0.6) is 0 Å². The molecule has 4 rings (SSSR count). The van der Waals surface area contributed by atoms with Gasteiger partial charge in [-0.2, -0.15) is 5.10 Å². The molecule has 3 aromatic rings. The van der Waals surface area contributed by atoms with Gasteiger partial charge in [0, 0.05) is 50.6 Å². The lowest BCUT2D eigenvalue weighted by molar-refractivity contribution is -0.131. The van der Waals surface area contributed by atoms with E-state index in [1.165, 1.54) is 11.6 Å². The molecule has 0 atom stereocenters. The van der Waals surface area contributed by atoms with E-state index in [1.807, 2.05) is 43.4 Å². The van der Waals surface area contributed by atoms with Crippen molar-refractivity contribution in [3.05, 3.63) is 72.9 Å². The number of fused-ring (bicyclic) bond motifs is 1. The second kappa shape index (κ2) is 9.49. The number of hydrogen-bond acceptors (Lipinski definition) is 4. The van der Waals surface area contributed by atoms with Gasteiger partial charge in [-0.25, -0.2) is 0 Å². The van der Waals surface area contributed by atoms with Gasteiger partial charge < -0.3 is 4.74 Å². The first-order valence-corrected chi connectivity index (χ1v) is 11.1. The summed E-state index contributed by atoms with van der Waals surface area (Å²) in [6, 6.07) is 15.9. The minimum atomic E-state index is -0.934. The fourth-order valence-corrected chi connectivity index (χ4v) is 4.63. The molecule has 0 N–H and O–H groups in total. The number of aromatic nitrogens is 2. The maximum absolute atomic E-state index is 13.7. The van der Waals surface area contributed by atoms with E-state index in [0.29, 0.717) is 38.2 Å². The van der Waals surface area contributed by atoms with Crippen LogP contribution in [0.1, 0.15) is 31.2 Å². The van der Waals surface area contributed by atoms with Crippen LogP contribution < -0.4 is 4.90 Å². The average molecular weight is 432 g/mol. The molecule has 2 heterocycles. The van der Waals surface area contributed by atoms with Crippen LogP contribution in [0.15, 0.2) is 67.4 Å². The van der Waals surface area contributed by atoms with Gasteiger partial charge in [-0.15, -0.1) is 0 Å². The number of carbonyl (C=O) groups is 2. The Bertz CT molecular complexity index is 1110. The van der Waals surface area contributed by atoms with Gasteiger partial charge in [0.2, 0.25) is 0 Å². The summed E-state index contributed by atoms with van der Waals surface area (Å²) in [6.07, 6.45) is 5.99. The zero-order valence-corrected chi connectivity index (χ0v) is 18.5. The molecule has 1 amide bonds. The Morgan fingerprint density at radius 2 is 1.94 bits per heavy atom. The Kier molecular flexibility index (Phi) is 6.51. The summed E-state index contributed by atoms with van der Waals surface area (Å²) >= 11 is 0. The quantitative estimate of drug-likeness (QED) is 0.501. The second-order valence-corrected chi connectivity index (χ2v) is 8.30. The van der Waals surface area contributed by atoms with Crippen LogP contribution in [0.25, 0.3) is 10.9 Å². The average Bonchev–Trinajstić information content (AvgIpc) is 3.20. The highest BCUT2D eigenvalue weighted by Crippen LogP contribution is 2.36. The van der Waals surface area contributed by atoms with Crippen LogP contribution in [-0.2, 0) is 27.8 Å². The number of hydrogen-bond donors (Lipinski definition) is 0. The van der Waals surface area contributed by atoms with Gasteiger partial charge >= 0.3 is 0 Å². The Hall–Kier alpha value is -3.25. The summed E-state index contributed by atoms with van der Waals surface area (Å²) in [5.74, 6) is -0.190. The number of amides is 1. The summed E-state index contributed by atoms with van der Waals surface area (Å²) in [6.45, 7) is 4.60. The lowest BCUT2D eigenvalue weighted by Gasteiger charge is -2.44. The minimum absolute atomic E-state index is 0.0817. The second-order valence-electron chi connectivity index (χ2n) is 8.30. The molecule has 0 unspecified atom stereocenters. The van der Waals surface area contributed by atoms with E-state index in [2.05, 4.69) is 23.8 Å². The Morgan fingerprint density at radius 3 is 2.66 bits per heavy atom. The maximum Gasteiger partial charge on any atom is 0.251 e. The zero-order chi connectivity index (χ0) is 22.6. The van der Waals surface area contributed by atoms with Crippen molar-refractivity contribution < 1.29 is 14.3 Å². The van der Waals surface area contributed by atoms with Gasteiger partial charge in [0.15, 0.2) is 5.78 Å². The summed E-state index contributed by atoms with van der Waals surface area (Å²) in [7, 11) is 1.88. The fourth-order valence-electron chi connectivity index (χ4n) is 4.63. The molecule has 2 aromatic carbocycles. The molecule has 0 saturated carbocycles. The number of aryl methyl sites for hydroxylation is 2. The maximum atomic E-state index is 13.7. The number of carbonyl (C=O) groups excluding carboxylic acids is 2. The number of ether oxygens (including phenoxy) is 1. The van der Waals surface area contributed by atoms with Gasteiger partial charge in [0.1, 0.15) is 5.54 Å². The van der Waals surface area contributed by atoms with Gasteiger partial charge in [0.05, 0.1) is 11.7 Å². The molecular formula is C26H29N3O3. The highest BCUT2D eigenvalue weighted by Gasteiger charge is 2.47. The molecule has 0 bridgehead atoms. The topological polar surface area (TPSA) is 64.4 Å². The number of ketones is 1. The number of benzene rings is 2. The van der Waals surface area contributed by atoms with Crippen LogP contribution in [0.4, 0.5) is 5.69 Å². The minimum Gasteiger partial charge on any atom is -0.381 e. The summed E-state index contributed by atoms with van der Waals surface area (Å²) in [5, 5.41) is 5.22. The van der Waals surface area contributed by atoms with Crippen molar-refractivity contribution in [1.82, 2.24) is 9.78 Å². The van der Waals surface area contributed by atoms with Crippen LogP contribution in [-0.4, -0.2) is 40.2 Å². The first kappa shape index (κ1) is 22.0. The third kappa shape index (κ3) is 4.23. The highest BCUT2D eigenvalue weighted by molar-refractivity contribution is 6.09. The number of nitrogens with zero attached hydrogens (tertiary/aromatic N) is 3. The molecular weight excluding hydrogens is 402 g/mol. The Morgan fingerprint density at radius 1 is 1.19 bits per heavy atom. The lowest BCUT2D eigenvalue weighted by Crippen LogP contribution is -2.60. The number of Topliss-reactive ketones (excluding diaryl/α,β-unsaturated/α-hetero) is 1. The van der Waals surface area contributed by atoms with Gasteiger partial charge in [-0.05, 0) is 42.7 Å². The fraction of sp³-hybridized carbons (Fsp3) is 0.346. The van der Waals surface area contributed by atoms with E-state index in [0.717, 1.165) is 23.7 Å². The van der Waals surface area contributed by atoms with E-state index >= 15 is 0 Å². The standard InChI is InChI=1S/C26H29N3O3/c1-3-25(31)29(22-12-13-23-21(18-22)19-27-28(23)2)26(14-16-32-17-15-26)24(30)11-7-10-20-8-5-4-6-9-20/h3-6,8-9,12-13,18-19H,1,7,10-11,14-17H2,2H3. The van der Waals surface area contributed by atoms with E-state index in [4.69, 9.17) is 4.74 Å². The molecule has 1 saturated heterocycles. The molecule has 32 heavy (non-hydrogen) atoms. The van der Waals surface area contributed by atoms with Crippen molar-refractivity contribution in [1.29, 1.82) is 0 Å². The van der Waals surface area contributed by atoms with Crippen molar-refractivity contribution in [2.24, 2.45) is 7.05 Å². The molecule has 6 heteroatoms. The summed E-state index contributed by atoms with van der Waals surface area (Å²) in [4.78, 5) is 28.5. The first-order chi connectivity index (χ1) is 15.5. The van der Waals surface area contributed by atoms with Crippen molar-refractivity contribution >= 4 is 28.3 Å². The van der Waals surface area contributed by atoms with E-state index in [1.54, 1.807) is 15.8 Å². The first-order valence-electron chi connectivity index (χ1n) is 11.1. The molecule has 0 radical (unpaired) electrons. The third-order valence-electron chi connectivity index (χ3n) is 6.36. The summed E-state index contributed by atoms with van der Waals surface area (Å²) in [5.41, 5.74) is 1.93. The molecule has 166 valence electrons. The Balaban J connectivity index is 1.65. The number of anilines is 1. The molecule has 0 aliphatic carbocycles.